The second-order valence-electron chi connectivity index (χ2n) is 7.15. The van der Waals surface area contributed by atoms with Gasteiger partial charge in [-0.2, -0.15) is 4.31 Å². The molecule has 2 aromatic rings. The van der Waals surface area contributed by atoms with Crippen molar-refractivity contribution in [2.75, 3.05) is 13.2 Å². The van der Waals surface area contributed by atoms with E-state index in [1.54, 1.807) is 21.7 Å². The van der Waals surface area contributed by atoms with Crippen LogP contribution in [0, 0.1) is 0 Å². The highest BCUT2D eigenvalue weighted by atomic mass is 32.2. The third-order valence-corrected chi connectivity index (χ3v) is 7.97. The van der Waals surface area contributed by atoms with Gasteiger partial charge in [0.25, 0.3) is 0 Å². The van der Waals surface area contributed by atoms with Gasteiger partial charge >= 0.3 is 0 Å². The lowest BCUT2D eigenvalue weighted by Crippen LogP contribution is -2.36. The monoisotopic (exact) mass is 391 g/mol. The lowest BCUT2D eigenvalue weighted by molar-refractivity contribution is 0.0927. The maximum Gasteiger partial charge on any atom is 0.243 e. The molecule has 1 aromatic heterocycles. The average molecular weight is 392 g/mol. The first-order valence-corrected chi connectivity index (χ1v) is 11.7. The molecule has 0 amide bonds. The highest BCUT2D eigenvalue weighted by Gasteiger charge is 2.30. The molecule has 0 saturated carbocycles. The molecule has 1 atom stereocenters. The quantitative estimate of drug-likeness (QED) is 0.748. The van der Waals surface area contributed by atoms with Crippen LogP contribution in [0.5, 0.6) is 0 Å². The van der Waals surface area contributed by atoms with Gasteiger partial charge in [-0.25, -0.2) is 8.42 Å². The van der Waals surface area contributed by atoms with Gasteiger partial charge in [-0.3, -0.25) is 0 Å². The summed E-state index contributed by atoms with van der Waals surface area (Å²) < 4.78 is 34.1. The number of thiophene rings is 1. The molecule has 2 aliphatic rings. The van der Waals surface area contributed by atoms with Crippen molar-refractivity contribution in [3.8, 4) is 0 Å². The molecular weight excluding hydrogens is 366 g/mol. The van der Waals surface area contributed by atoms with E-state index >= 15 is 0 Å². The second-order valence-corrected chi connectivity index (χ2v) is 10.1. The Morgan fingerprint density at radius 1 is 1.12 bits per heavy atom. The number of rotatable bonds is 6. The van der Waals surface area contributed by atoms with Gasteiger partial charge in [-0.15, -0.1) is 11.3 Å². The van der Waals surface area contributed by atoms with Crippen LogP contribution in [0.25, 0.3) is 0 Å². The minimum absolute atomic E-state index is 0.00219. The highest BCUT2D eigenvalue weighted by Crippen LogP contribution is 2.28. The van der Waals surface area contributed by atoms with E-state index in [9.17, 15) is 8.42 Å². The Hall–Kier alpha value is -1.21. The number of nitrogens with zero attached hydrogens (tertiary/aromatic N) is 1. The summed E-state index contributed by atoms with van der Waals surface area (Å²) >= 11 is 1.60. The minimum atomic E-state index is -3.54. The van der Waals surface area contributed by atoms with Crippen molar-refractivity contribution in [1.29, 1.82) is 0 Å². The van der Waals surface area contributed by atoms with Gasteiger partial charge in [-0.1, -0.05) is 12.1 Å². The number of hydrogen-bond donors (Lipinski definition) is 0. The van der Waals surface area contributed by atoms with E-state index in [1.165, 1.54) is 17.5 Å². The van der Waals surface area contributed by atoms with Crippen LogP contribution in [0.2, 0.25) is 0 Å². The predicted molar refractivity (Wildman–Crippen MR) is 104 cm³/mol. The average Bonchev–Trinajstić information content (AvgIpc) is 3.35. The van der Waals surface area contributed by atoms with E-state index in [-0.39, 0.29) is 6.10 Å². The molecule has 1 aliphatic carbocycles. The van der Waals surface area contributed by atoms with E-state index in [2.05, 4.69) is 0 Å². The van der Waals surface area contributed by atoms with Crippen LogP contribution < -0.4 is 0 Å². The minimum Gasteiger partial charge on any atom is -0.377 e. The summed E-state index contributed by atoms with van der Waals surface area (Å²) in [5.74, 6) is 0. The van der Waals surface area contributed by atoms with Gasteiger partial charge in [0.05, 0.1) is 11.0 Å². The van der Waals surface area contributed by atoms with Crippen LogP contribution >= 0.6 is 11.3 Å². The molecule has 0 unspecified atom stereocenters. The second kappa shape index (κ2) is 7.80. The maximum absolute atomic E-state index is 13.4. The van der Waals surface area contributed by atoms with E-state index in [4.69, 9.17) is 4.74 Å². The number of aryl methyl sites for hydroxylation is 2. The number of sulfonamides is 1. The number of hydrogen-bond acceptors (Lipinski definition) is 4. The Morgan fingerprint density at radius 3 is 2.69 bits per heavy atom. The fraction of sp³-hybridized carbons (Fsp3) is 0.500. The van der Waals surface area contributed by atoms with Crippen LogP contribution in [0.1, 0.15) is 41.7 Å². The highest BCUT2D eigenvalue weighted by molar-refractivity contribution is 7.89. The summed E-state index contributed by atoms with van der Waals surface area (Å²) in [5, 5.41) is 1.99. The van der Waals surface area contributed by atoms with Crippen LogP contribution in [0.4, 0.5) is 0 Å². The zero-order valence-electron chi connectivity index (χ0n) is 14.9. The van der Waals surface area contributed by atoms with Crippen molar-refractivity contribution in [3.63, 3.8) is 0 Å². The summed E-state index contributed by atoms with van der Waals surface area (Å²) in [6.45, 7) is 1.57. The van der Waals surface area contributed by atoms with Crippen molar-refractivity contribution < 1.29 is 13.2 Å². The van der Waals surface area contributed by atoms with Crippen molar-refractivity contribution in [2.24, 2.45) is 0 Å². The molecule has 1 aliphatic heterocycles. The molecule has 0 radical (unpaired) electrons. The molecule has 4 rings (SSSR count). The van der Waals surface area contributed by atoms with Crippen LogP contribution in [0.3, 0.4) is 0 Å². The Kier molecular flexibility index (Phi) is 5.45. The topological polar surface area (TPSA) is 46.6 Å². The number of fused-ring (bicyclic) bond motifs is 1. The largest absolute Gasteiger partial charge is 0.377 e. The maximum atomic E-state index is 13.4. The fourth-order valence-electron chi connectivity index (χ4n) is 3.86. The van der Waals surface area contributed by atoms with Crippen molar-refractivity contribution >= 4 is 21.4 Å². The van der Waals surface area contributed by atoms with Crippen molar-refractivity contribution in [2.45, 2.75) is 56.1 Å². The summed E-state index contributed by atoms with van der Waals surface area (Å²) in [5.41, 5.74) is 2.50. The molecule has 0 bridgehead atoms. The lowest BCUT2D eigenvalue weighted by Gasteiger charge is -2.25. The molecule has 0 N–H and O–H groups in total. The molecule has 0 spiro atoms. The molecule has 26 heavy (non-hydrogen) atoms. The van der Waals surface area contributed by atoms with Gasteiger partial charge in [0.15, 0.2) is 0 Å². The SMILES string of the molecule is O=S(=O)(c1ccc2c(c1)CCCC2)N(Cc1cccs1)C[C@H]1CCCO1. The Morgan fingerprint density at radius 2 is 1.96 bits per heavy atom. The molecule has 6 heteroatoms. The molecule has 1 saturated heterocycles. The fourth-order valence-corrected chi connectivity index (χ4v) is 6.16. The number of benzene rings is 1. The molecule has 4 nitrogen and oxygen atoms in total. The first-order valence-electron chi connectivity index (χ1n) is 9.39. The van der Waals surface area contributed by atoms with Gasteiger partial charge in [-0.05, 0) is 73.2 Å². The normalized spacial score (nSPS) is 20.4. The smallest absolute Gasteiger partial charge is 0.243 e. The first-order chi connectivity index (χ1) is 12.6. The summed E-state index contributed by atoms with van der Waals surface area (Å²) in [6.07, 6.45) is 6.33. The third kappa shape index (κ3) is 3.88. The van der Waals surface area contributed by atoms with Crippen LogP contribution in [0.15, 0.2) is 40.6 Å². The van der Waals surface area contributed by atoms with E-state index in [0.29, 0.717) is 18.0 Å². The van der Waals surface area contributed by atoms with Crippen molar-refractivity contribution in [3.05, 3.63) is 51.7 Å². The van der Waals surface area contributed by atoms with Crippen molar-refractivity contribution in [1.82, 2.24) is 4.31 Å². The predicted octanol–water partition coefficient (Wildman–Crippen LogP) is 4.00. The molecule has 1 fully saturated rings. The molecular formula is C20H25NO3S2. The summed E-state index contributed by atoms with van der Waals surface area (Å²) in [6, 6.07) is 9.67. The summed E-state index contributed by atoms with van der Waals surface area (Å²) in [7, 11) is -3.54. The molecule has 140 valence electrons. The number of ether oxygens (including phenoxy) is 1. The van der Waals surface area contributed by atoms with Gasteiger partial charge in [0.1, 0.15) is 0 Å². The third-order valence-electron chi connectivity index (χ3n) is 5.30. The first kappa shape index (κ1) is 18.2. The van der Waals surface area contributed by atoms with E-state index < -0.39 is 10.0 Å². The lowest BCUT2D eigenvalue weighted by atomic mass is 9.92. The van der Waals surface area contributed by atoms with Gasteiger partial charge in [0.2, 0.25) is 10.0 Å². The van der Waals surface area contributed by atoms with Crippen LogP contribution in [-0.4, -0.2) is 32.0 Å². The summed E-state index contributed by atoms with van der Waals surface area (Å²) in [4.78, 5) is 1.48. The molecule has 2 heterocycles. The van der Waals surface area contributed by atoms with Gasteiger partial charge in [0, 0.05) is 24.6 Å². The molecule has 1 aromatic carbocycles. The van der Waals surface area contributed by atoms with Crippen LogP contribution in [-0.2, 0) is 34.1 Å². The van der Waals surface area contributed by atoms with Gasteiger partial charge < -0.3 is 4.74 Å². The van der Waals surface area contributed by atoms with E-state index in [1.807, 2.05) is 29.6 Å². The van der Waals surface area contributed by atoms with E-state index in [0.717, 1.165) is 43.6 Å². The zero-order chi connectivity index (χ0) is 18.0. The zero-order valence-corrected chi connectivity index (χ0v) is 16.5. The Bertz CT molecular complexity index is 840. The Labute approximate surface area is 159 Å². The Balaban J connectivity index is 1.63. The standard InChI is InChI=1S/C20H25NO3S2/c22-26(23,20-10-9-16-5-1-2-6-17(16)13-20)21(14-18-7-3-11-24-18)15-19-8-4-12-25-19/h4,8-10,12-13,18H,1-3,5-7,11,14-15H2/t18-/m1/s1.